The molecule has 2 aromatic carbocycles. The second kappa shape index (κ2) is 9.68. The topological polar surface area (TPSA) is 87.2 Å². The first kappa shape index (κ1) is 23.3. The molecule has 8 heteroatoms. The van der Waals surface area contributed by atoms with E-state index in [1.54, 1.807) is 11.0 Å². The number of amides is 2. The number of carbonyl (C=O) groups is 3. The van der Waals surface area contributed by atoms with Crippen LogP contribution in [0.1, 0.15) is 62.1 Å². The average Bonchev–Trinajstić information content (AvgIpc) is 3.57. The highest BCUT2D eigenvalue weighted by atomic mass is 19.1. The van der Waals surface area contributed by atoms with Crippen LogP contribution in [-0.2, 0) is 20.9 Å². The van der Waals surface area contributed by atoms with Crippen LogP contribution < -0.4 is 4.90 Å². The average molecular weight is 481 g/mol. The Morgan fingerprint density at radius 3 is 2.51 bits per heavy atom. The summed E-state index contributed by atoms with van der Waals surface area (Å²) < 4.78 is 20.1. The number of hydrogen-bond acceptors (Lipinski definition) is 4. The van der Waals surface area contributed by atoms with Crippen molar-refractivity contribution in [3.63, 3.8) is 0 Å². The second-order valence-electron chi connectivity index (χ2n) is 9.65. The molecule has 2 saturated carbocycles. The van der Waals surface area contributed by atoms with Crippen LogP contribution in [0.2, 0.25) is 0 Å². The van der Waals surface area contributed by atoms with Crippen LogP contribution in [0.15, 0.2) is 48.5 Å². The van der Waals surface area contributed by atoms with Crippen molar-refractivity contribution in [2.24, 2.45) is 5.92 Å². The summed E-state index contributed by atoms with van der Waals surface area (Å²) in [5, 5.41) is 9.11. The number of halogens is 1. The second-order valence-corrected chi connectivity index (χ2v) is 9.65. The summed E-state index contributed by atoms with van der Waals surface area (Å²) in [4.78, 5) is 41.2. The van der Waals surface area contributed by atoms with E-state index in [9.17, 15) is 18.8 Å². The molecule has 0 saturated heterocycles. The van der Waals surface area contributed by atoms with E-state index >= 15 is 0 Å². The smallest absolute Gasteiger partial charge is 0.414 e. The van der Waals surface area contributed by atoms with E-state index in [4.69, 9.17) is 9.84 Å². The van der Waals surface area contributed by atoms with Gasteiger partial charge < -0.3 is 14.7 Å². The minimum absolute atomic E-state index is 0.0217. The summed E-state index contributed by atoms with van der Waals surface area (Å²) in [7, 11) is 0. The molecule has 0 spiro atoms. The molecule has 184 valence electrons. The maximum Gasteiger partial charge on any atom is 0.414 e. The number of ether oxygens (including phenoxy) is 1. The molecule has 1 N–H and O–H groups in total. The largest absolute Gasteiger partial charge is 0.481 e. The summed E-state index contributed by atoms with van der Waals surface area (Å²) in [6.45, 7) is 0.115. The highest BCUT2D eigenvalue weighted by molar-refractivity contribution is 5.91. The lowest BCUT2D eigenvalue weighted by molar-refractivity contribution is -0.142. The van der Waals surface area contributed by atoms with Crippen LogP contribution in [-0.4, -0.2) is 40.1 Å². The minimum atomic E-state index is -1.01. The van der Waals surface area contributed by atoms with Crippen LogP contribution in [0.3, 0.4) is 0 Å². The Balaban J connectivity index is 1.49. The van der Waals surface area contributed by atoms with Crippen molar-refractivity contribution in [1.82, 2.24) is 4.90 Å². The lowest BCUT2D eigenvalue weighted by atomic mass is 9.81. The predicted molar refractivity (Wildman–Crippen MR) is 126 cm³/mol. The monoisotopic (exact) mass is 480 g/mol. The molecular weight excluding hydrogens is 451 g/mol. The van der Waals surface area contributed by atoms with Gasteiger partial charge in [-0.1, -0.05) is 42.8 Å². The fourth-order valence-corrected chi connectivity index (χ4v) is 5.70. The van der Waals surface area contributed by atoms with Crippen molar-refractivity contribution in [3.05, 3.63) is 65.5 Å². The third-order valence-electron chi connectivity index (χ3n) is 7.32. The van der Waals surface area contributed by atoms with Gasteiger partial charge in [-0.2, -0.15) is 0 Å². The SMILES string of the molecule is O=C(O)CCC(=O)N(C1CC1)[C@H]1c2ccc(F)cc2N(C(=O)OCc2ccccc2)[C@@H]2CCC[C@@H]21. The van der Waals surface area contributed by atoms with Gasteiger partial charge >= 0.3 is 12.1 Å². The Morgan fingerprint density at radius 2 is 1.80 bits per heavy atom. The van der Waals surface area contributed by atoms with Gasteiger partial charge in [0.2, 0.25) is 5.91 Å². The van der Waals surface area contributed by atoms with Crippen molar-refractivity contribution in [3.8, 4) is 0 Å². The number of rotatable bonds is 7. The van der Waals surface area contributed by atoms with E-state index in [0.29, 0.717) is 5.69 Å². The number of carboxylic acid groups (broad SMARTS) is 1. The Bertz CT molecular complexity index is 1120. The fourth-order valence-electron chi connectivity index (χ4n) is 5.70. The molecule has 2 aliphatic carbocycles. The first-order valence-corrected chi connectivity index (χ1v) is 12.3. The standard InChI is InChI=1S/C27H29FN2O5/c28-18-9-12-21-23(15-18)30(27(34)35-16-17-5-2-1-3-6-17)22-8-4-7-20(22)26(21)29(19-10-11-19)24(31)13-14-25(32)33/h1-3,5-6,9,12,15,19-20,22,26H,4,7-8,10-11,13-14,16H2,(H,32,33)/t20-,22+,26+/m0/s1. The molecule has 0 aromatic heterocycles. The molecule has 2 amide bonds. The highest BCUT2D eigenvalue weighted by Gasteiger charge is 2.51. The zero-order valence-corrected chi connectivity index (χ0v) is 19.4. The molecule has 1 aliphatic heterocycles. The van der Waals surface area contributed by atoms with Crippen LogP contribution >= 0.6 is 0 Å². The maximum atomic E-state index is 14.5. The van der Waals surface area contributed by atoms with Crippen molar-refractivity contribution in [2.45, 2.75) is 69.7 Å². The predicted octanol–water partition coefficient (Wildman–Crippen LogP) is 5.05. The number of fused-ring (bicyclic) bond motifs is 2. The molecule has 2 fully saturated rings. The lowest BCUT2D eigenvalue weighted by Crippen LogP contribution is -2.53. The number of nitrogens with zero attached hydrogens (tertiary/aromatic N) is 2. The molecule has 2 aromatic rings. The number of carboxylic acids is 1. The van der Waals surface area contributed by atoms with E-state index in [1.165, 1.54) is 12.1 Å². The Morgan fingerprint density at radius 1 is 1.03 bits per heavy atom. The summed E-state index contributed by atoms with van der Waals surface area (Å²) in [6, 6.07) is 13.3. The third-order valence-corrected chi connectivity index (χ3v) is 7.32. The summed E-state index contributed by atoms with van der Waals surface area (Å²) in [5.41, 5.74) is 2.02. The quantitative estimate of drug-likeness (QED) is 0.599. The van der Waals surface area contributed by atoms with Crippen molar-refractivity contribution in [2.75, 3.05) is 4.90 Å². The summed E-state index contributed by atoms with van der Waals surface area (Å²) >= 11 is 0. The van der Waals surface area contributed by atoms with Gasteiger partial charge in [0.1, 0.15) is 12.4 Å². The van der Waals surface area contributed by atoms with Gasteiger partial charge in [-0.3, -0.25) is 14.5 Å². The minimum Gasteiger partial charge on any atom is -0.481 e. The van der Waals surface area contributed by atoms with E-state index in [0.717, 1.165) is 43.2 Å². The van der Waals surface area contributed by atoms with Gasteiger partial charge in [-0.25, -0.2) is 9.18 Å². The zero-order chi connectivity index (χ0) is 24.5. The van der Waals surface area contributed by atoms with Gasteiger partial charge in [-0.15, -0.1) is 0 Å². The van der Waals surface area contributed by atoms with Gasteiger partial charge in [0.05, 0.1) is 18.2 Å². The lowest BCUT2D eigenvalue weighted by Gasteiger charge is -2.47. The Kier molecular flexibility index (Phi) is 6.45. The van der Waals surface area contributed by atoms with E-state index in [-0.39, 0.29) is 49.4 Å². The molecule has 0 radical (unpaired) electrons. The molecule has 3 aliphatic rings. The molecule has 0 unspecified atom stereocenters. The van der Waals surface area contributed by atoms with Gasteiger partial charge in [0.15, 0.2) is 0 Å². The number of aliphatic carboxylic acids is 1. The molecule has 5 rings (SSSR count). The zero-order valence-electron chi connectivity index (χ0n) is 19.4. The van der Waals surface area contributed by atoms with Crippen molar-refractivity contribution < 1.29 is 28.6 Å². The first-order valence-electron chi connectivity index (χ1n) is 12.3. The van der Waals surface area contributed by atoms with Gasteiger partial charge in [0, 0.05) is 24.4 Å². The van der Waals surface area contributed by atoms with Crippen LogP contribution in [0.25, 0.3) is 0 Å². The molecule has 0 bridgehead atoms. The van der Waals surface area contributed by atoms with Crippen molar-refractivity contribution >= 4 is 23.7 Å². The molecule has 35 heavy (non-hydrogen) atoms. The van der Waals surface area contributed by atoms with E-state index in [1.807, 2.05) is 35.2 Å². The molecular formula is C27H29FN2O5. The number of anilines is 1. The maximum absolute atomic E-state index is 14.5. The van der Waals surface area contributed by atoms with Gasteiger partial charge in [0.25, 0.3) is 0 Å². The van der Waals surface area contributed by atoms with Crippen LogP contribution in [0, 0.1) is 11.7 Å². The fraction of sp³-hybridized carbons (Fsp3) is 0.444. The highest BCUT2D eigenvalue weighted by Crippen LogP contribution is 2.53. The summed E-state index contributed by atoms with van der Waals surface area (Å²) in [5.74, 6) is -1.69. The van der Waals surface area contributed by atoms with Crippen LogP contribution in [0.4, 0.5) is 14.9 Å². The number of benzene rings is 2. The van der Waals surface area contributed by atoms with Gasteiger partial charge in [-0.05, 0) is 48.9 Å². The van der Waals surface area contributed by atoms with E-state index in [2.05, 4.69) is 0 Å². The Labute approximate surface area is 203 Å². The number of carbonyl (C=O) groups excluding carboxylic acids is 2. The molecule has 1 heterocycles. The normalized spacial score (nSPS) is 22.8. The first-order chi connectivity index (χ1) is 16.9. The van der Waals surface area contributed by atoms with Crippen LogP contribution in [0.5, 0.6) is 0 Å². The number of hydrogen-bond donors (Lipinski definition) is 1. The molecule has 7 nitrogen and oxygen atoms in total. The Hall–Kier alpha value is -3.42. The third kappa shape index (κ3) is 4.74. The summed E-state index contributed by atoms with van der Waals surface area (Å²) in [6.07, 6.45) is 3.36. The molecule has 3 atom stereocenters. The van der Waals surface area contributed by atoms with E-state index < -0.39 is 17.9 Å². The van der Waals surface area contributed by atoms with Crippen molar-refractivity contribution in [1.29, 1.82) is 0 Å².